The molecule has 1 aromatic carbocycles. The molecule has 2 N–H and O–H groups in total. The number of carbonyl (C=O) groups excluding carboxylic acids is 1. The quantitative estimate of drug-likeness (QED) is 0.823. The van der Waals surface area contributed by atoms with Gasteiger partial charge in [0.15, 0.2) is 0 Å². The first-order valence-electron chi connectivity index (χ1n) is 3.95. The second kappa shape index (κ2) is 5.06. The molecule has 0 saturated carbocycles. The Kier molecular flexibility index (Phi) is 4.01. The van der Waals surface area contributed by atoms with E-state index in [1.54, 1.807) is 0 Å². The maximum atomic E-state index is 12.7. The lowest BCUT2D eigenvalue weighted by Crippen LogP contribution is -2.29. The Balaban J connectivity index is 2.78. The molecule has 0 radical (unpaired) electrons. The lowest BCUT2D eigenvalue weighted by molar-refractivity contribution is -0.135. The molecule has 15 heavy (non-hydrogen) atoms. The topological polar surface area (TPSA) is 66.4 Å². The number of benzene rings is 1. The minimum absolute atomic E-state index is 0.262. The standard InChI is InChI=1S/C9H7FINO3/c10-5-1-2-6(7(11)3-5)9(15)12-4-8(13)14/h1-3H,4H2,(H,12,15)(H,13,14). The number of rotatable bonds is 3. The van der Waals surface area contributed by atoms with Crippen molar-refractivity contribution in [3.8, 4) is 0 Å². The van der Waals surface area contributed by atoms with Gasteiger partial charge in [-0.3, -0.25) is 9.59 Å². The molecule has 0 aromatic heterocycles. The number of carboxylic acids is 1. The normalized spacial score (nSPS) is 9.73. The summed E-state index contributed by atoms with van der Waals surface area (Å²) in [6, 6.07) is 3.67. The van der Waals surface area contributed by atoms with Gasteiger partial charge in [-0.15, -0.1) is 0 Å². The molecule has 0 fully saturated rings. The molecule has 0 bridgehead atoms. The van der Waals surface area contributed by atoms with Crippen molar-refractivity contribution in [2.24, 2.45) is 0 Å². The van der Waals surface area contributed by atoms with E-state index in [2.05, 4.69) is 5.32 Å². The van der Waals surface area contributed by atoms with Gasteiger partial charge in [0.2, 0.25) is 0 Å². The average molecular weight is 323 g/mol. The molecule has 80 valence electrons. The molecular formula is C9H7FINO3. The third-order valence-electron chi connectivity index (χ3n) is 1.58. The highest BCUT2D eigenvalue weighted by Crippen LogP contribution is 2.13. The zero-order valence-electron chi connectivity index (χ0n) is 7.46. The van der Waals surface area contributed by atoms with Crippen LogP contribution in [0.1, 0.15) is 10.4 Å². The van der Waals surface area contributed by atoms with E-state index < -0.39 is 24.2 Å². The molecule has 0 heterocycles. The van der Waals surface area contributed by atoms with E-state index in [1.165, 1.54) is 12.1 Å². The smallest absolute Gasteiger partial charge is 0.322 e. The summed E-state index contributed by atoms with van der Waals surface area (Å²) in [5, 5.41) is 10.5. The van der Waals surface area contributed by atoms with Gasteiger partial charge in [0.25, 0.3) is 5.91 Å². The number of amides is 1. The zero-order chi connectivity index (χ0) is 11.4. The molecule has 0 aliphatic rings. The first kappa shape index (κ1) is 11.9. The molecule has 0 aliphatic heterocycles. The fraction of sp³-hybridized carbons (Fsp3) is 0.111. The fourth-order valence-corrected chi connectivity index (χ4v) is 1.65. The van der Waals surface area contributed by atoms with Gasteiger partial charge in [-0.25, -0.2) is 4.39 Å². The van der Waals surface area contributed by atoms with Crippen LogP contribution in [0.4, 0.5) is 4.39 Å². The van der Waals surface area contributed by atoms with Gasteiger partial charge in [-0.05, 0) is 40.8 Å². The van der Waals surface area contributed by atoms with E-state index in [1.807, 2.05) is 22.6 Å². The lowest BCUT2D eigenvalue weighted by Gasteiger charge is -2.04. The van der Waals surface area contributed by atoms with Crippen LogP contribution in [0.3, 0.4) is 0 Å². The summed E-state index contributed by atoms with van der Waals surface area (Å²) in [6.45, 7) is -0.452. The first-order chi connectivity index (χ1) is 7.00. The molecule has 0 aliphatic carbocycles. The molecule has 0 atom stereocenters. The lowest BCUT2D eigenvalue weighted by atomic mass is 10.2. The monoisotopic (exact) mass is 323 g/mol. The third-order valence-corrected chi connectivity index (χ3v) is 2.47. The predicted molar refractivity (Wildman–Crippen MR) is 59.1 cm³/mol. The highest BCUT2D eigenvalue weighted by Gasteiger charge is 2.11. The van der Waals surface area contributed by atoms with Crippen molar-refractivity contribution in [1.82, 2.24) is 5.32 Å². The van der Waals surface area contributed by atoms with Crippen LogP contribution >= 0.6 is 22.6 Å². The van der Waals surface area contributed by atoms with E-state index in [0.29, 0.717) is 3.57 Å². The Morgan fingerprint density at radius 1 is 1.47 bits per heavy atom. The number of hydrogen-bond acceptors (Lipinski definition) is 2. The van der Waals surface area contributed by atoms with Crippen molar-refractivity contribution < 1.29 is 19.1 Å². The van der Waals surface area contributed by atoms with Crippen LogP contribution in [-0.4, -0.2) is 23.5 Å². The predicted octanol–water partition coefficient (Wildman–Crippen LogP) is 1.24. The SMILES string of the molecule is O=C(O)CNC(=O)c1ccc(F)cc1I. The minimum atomic E-state index is -1.12. The second-order valence-electron chi connectivity index (χ2n) is 2.70. The van der Waals surface area contributed by atoms with E-state index in [9.17, 15) is 14.0 Å². The fourth-order valence-electron chi connectivity index (χ4n) is 0.925. The van der Waals surface area contributed by atoms with Crippen molar-refractivity contribution in [2.45, 2.75) is 0 Å². The molecule has 1 amide bonds. The van der Waals surface area contributed by atoms with Gasteiger partial charge < -0.3 is 10.4 Å². The molecule has 4 nitrogen and oxygen atoms in total. The van der Waals surface area contributed by atoms with Gasteiger partial charge in [0, 0.05) is 3.57 Å². The number of carboxylic acid groups (broad SMARTS) is 1. The molecule has 0 saturated heterocycles. The summed E-state index contributed by atoms with van der Waals surface area (Å²) in [5.74, 6) is -2.09. The molecule has 1 aromatic rings. The van der Waals surface area contributed by atoms with Gasteiger partial charge in [0.05, 0.1) is 5.56 Å². The van der Waals surface area contributed by atoms with Crippen LogP contribution in [0.25, 0.3) is 0 Å². The number of halogens is 2. The Hall–Kier alpha value is -1.18. The number of nitrogens with one attached hydrogen (secondary N) is 1. The van der Waals surface area contributed by atoms with E-state index in [-0.39, 0.29) is 5.56 Å². The first-order valence-corrected chi connectivity index (χ1v) is 5.03. The minimum Gasteiger partial charge on any atom is -0.480 e. The highest BCUT2D eigenvalue weighted by atomic mass is 127. The Morgan fingerprint density at radius 3 is 2.67 bits per heavy atom. The van der Waals surface area contributed by atoms with Crippen molar-refractivity contribution in [2.75, 3.05) is 6.54 Å². The third kappa shape index (κ3) is 3.46. The summed E-state index contributed by atoms with van der Waals surface area (Å²) >= 11 is 1.81. The van der Waals surface area contributed by atoms with Crippen LogP contribution in [0, 0.1) is 9.39 Å². The maximum Gasteiger partial charge on any atom is 0.322 e. The van der Waals surface area contributed by atoms with E-state index >= 15 is 0 Å². The molecular weight excluding hydrogens is 316 g/mol. The summed E-state index contributed by atoms with van der Waals surface area (Å²) in [6.07, 6.45) is 0. The summed E-state index contributed by atoms with van der Waals surface area (Å²) in [5.41, 5.74) is 0.262. The van der Waals surface area contributed by atoms with Crippen molar-refractivity contribution in [3.63, 3.8) is 0 Å². The van der Waals surface area contributed by atoms with Crippen LogP contribution in [0.15, 0.2) is 18.2 Å². The number of carbonyl (C=O) groups is 2. The second-order valence-corrected chi connectivity index (χ2v) is 3.86. The number of aliphatic carboxylic acids is 1. The molecule has 6 heteroatoms. The van der Waals surface area contributed by atoms with E-state index in [0.717, 1.165) is 6.07 Å². The van der Waals surface area contributed by atoms with Gasteiger partial charge in [0.1, 0.15) is 12.4 Å². The Bertz CT molecular complexity index is 408. The number of hydrogen-bond donors (Lipinski definition) is 2. The van der Waals surface area contributed by atoms with Crippen LogP contribution in [-0.2, 0) is 4.79 Å². The van der Waals surface area contributed by atoms with Crippen molar-refractivity contribution in [1.29, 1.82) is 0 Å². The summed E-state index contributed by atoms with van der Waals surface area (Å²) in [4.78, 5) is 21.6. The van der Waals surface area contributed by atoms with E-state index in [4.69, 9.17) is 5.11 Å². The molecule has 0 spiro atoms. The maximum absolute atomic E-state index is 12.7. The van der Waals surface area contributed by atoms with Crippen LogP contribution in [0.5, 0.6) is 0 Å². The van der Waals surface area contributed by atoms with Gasteiger partial charge >= 0.3 is 5.97 Å². The van der Waals surface area contributed by atoms with Crippen molar-refractivity contribution >= 4 is 34.5 Å². The largest absolute Gasteiger partial charge is 0.480 e. The molecule has 0 unspecified atom stereocenters. The average Bonchev–Trinajstić information content (AvgIpc) is 2.14. The molecule has 1 rings (SSSR count). The Labute approximate surface area is 98.6 Å². The summed E-state index contributed by atoms with van der Waals surface area (Å²) < 4.78 is 13.1. The van der Waals surface area contributed by atoms with Gasteiger partial charge in [-0.1, -0.05) is 0 Å². The van der Waals surface area contributed by atoms with Gasteiger partial charge in [-0.2, -0.15) is 0 Å². The van der Waals surface area contributed by atoms with Crippen LogP contribution < -0.4 is 5.32 Å². The van der Waals surface area contributed by atoms with Crippen molar-refractivity contribution in [3.05, 3.63) is 33.1 Å². The van der Waals surface area contributed by atoms with Crippen LogP contribution in [0.2, 0.25) is 0 Å². The zero-order valence-corrected chi connectivity index (χ0v) is 9.62. The highest BCUT2D eigenvalue weighted by molar-refractivity contribution is 14.1. The Morgan fingerprint density at radius 2 is 2.13 bits per heavy atom. The summed E-state index contributed by atoms with van der Waals surface area (Å²) in [7, 11) is 0.